The molecule has 0 radical (unpaired) electrons. The van der Waals surface area contributed by atoms with Crippen LogP contribution in [-0.4, -0.2) is 18.0 Å². The summed E-state index contributed by atoms with van der Waals surface area (Å²) in [6.07, 6.45) is 1.38. The molecule has 1 aliphatic heterocycles. The van der Waals surface area contributed by atoms with Crippen molar-refractivity contribution in [2.75, 3.05) is 13.1 Å². The van der Waals surface area contributed by atoms with E-state index in [0.29, 0.717) is 5.92 Å². The Hall–Kier alpha value is -0.460. The van der Waals surface area contributed by atoms with Crippen LogP contribution in [0.3, 0.4) is 0 Å². The highest BCUT2D eigenvalue weighted by molar-refractivity contribution is 4.99. The normalized spacial score (nSPS) is 29.5. The molecule has 2 atom stereocenters. The van der Waals surface area contributed by atoms with Crippen molar-refractivity contribution in [3.05, 3.63) is 12.3 Å². The minimum atomic E-state index is 0.595. The number of hydrogen-bond donors (Lipinski definition) is 0. The van der Waals surface area contributed by atoms with E-state index in [9.17, 15) is 0 Å². The van der Waals surface area contributed by atoms with Gasteiger partial charge in [0.15, 0.2) is 0 Å². The molecule has 2 unspecified atom stereocenters. The van der Waals surface area contributed by atoms with Gasteiger partial charge in [0, 0.05) is 18.8 Å². The molecule has 0 bridgehead atoms. The third-order valence-electron chi connectivity index (χ3n) is 2.94. The highest BCUT2D eigenvalue weighted by Gasteiger charge is 2.23. The van der Waals surface area contributed by atoms with Crippen LogP contribution in [0.2, 0.25) is 0 Å². The zero-order valence-electron chi connectivity index (χ0n) is 9.51. The lowest BCUT2D eigenvalue weighted by Gasteiger charge is -2.38. The summed E-state index contributed by atoms with van der Waals surface area (Å²) in [6.45, 7) is 15.7. The SMILES string of the molecule is C=C(C(C)C)N1CC(C)CC(C)C1. The molecule has 0 aromatic heterocycles. The summed E-state index contributed by atoms with van der Waals surface area (Å²) in [5.41, 5.74) is 1.32. The molecule has 1 aliphatic rings. The van der Waals surface area contributed by atoms with E-state index >= 15 is 0 Å². The van der Waals surface area contributed by atoms with E-state index < -0.39 is 0 Å². The number of allylic oxidation sites excluding steroid dienone is 1. The van der Waals surface area contributed by atoms with Gasteiger partial charge in [0.05, 0.1) is 0 Å². The van der Waals surface area contributed by atoms with Gasteiger partial charge in [-0.05, 0) is 24.2 Å². The van der Waals surface area contributed by atoms with Gasteiger partial charge >= 0.3 is 0 Å². The van der Waals surface area contributed by atoms with Crippen LogP contribution in [0, 0.1) is 17.8 Å². The minimum Gasteiger partial charge on any atom is -0.375 e. The molecule has 1 saturated heterocycles. The Morgan fingerprint density at radius 2 is 1.69 bits per heavy atom. The number of likely N-dealkylation sites (tertiary alicyclic amines) is 1. The van der Waals surface area contributed by atoms with Crippen molar-refractivity contribution in [1.82, 2.24) is 4.90 Å². The van der Waals surface area contributed by atoms with E-state index in [1.165, 1.54) is 25.2 Å². The first-order chi connectivity index (χ1) is 6.00. The Labute approximate surface area is 82.8 Å². The van der Waals surface area contributed by atoms with E-state index in [-0.39, 0.29) is 0 Å². The average molecular weight is 181 g/mol. The lowest BCUT2D eigenvalue weighted by atomic mass is 9.91. The van der Waals surface area contributed by atoms with E-state index in [1.807, 2.05) is 0 Å². The fourth-order valence-electron chi connectivity index (χ4n) is 2.26. The van der Waals surface area contributed by atoms with Crippen molar-refractivity contribution in [3.8, 4) is 0 Å². The summed E-state index contributed by atoms with van der Waals surface area (Å²) >= 11 is 0. The monoisotopic (exact) mass is 181 g/mol. The highest BCUT2D eigenvalue weighted by Crippen LogP contribution is 2.25. The molecule has 1 heteroatoms. The third-order valence-corrected chi connectivity index (χ3v) is 2.94. The molecule has 1 rings (SSSR count). The number of rotatable bonds is 2. The lowest BCUT2D eigenvalue weighted by Crippen LogP contribution is -2.38. The minimum absolute atomic E-state index is 0.595. The molecule has 1 fully saturated rings. The smallest absolute Gasteiger partial charge is 0.0200 e. The molecule has 1 nitrogen and oxygen atoms in total. The van der Waals surface area contributed by atoms with Crippen LogP contribution in [0.5, 0.6) is 0 Å². The predicted octanol–water partition coefficient (Wildman–Crippen LogP) is 3.13. The number of nitrogens with zero attached hydrogens (tertiary/aromatic N) is 1. The molecule has 0 saturated carbocycles. The first-order valence-electron chi connectivity index (χ1n) is 5.44. The zero-order valence-corrected chi connectivity index (χ0v) is 9.51. The van der Waals surface area contributed by atoms with E-state index in [0.717, 1.165) is 11.8 Å². The lowest BCUT2D eigenvalue weighted by molar-refractivity contribution is 0.166. The first-order valence-corrected chi connectivity index (χ1v) is 5.44. The van der Waals surface area contributed by atoms with Crippen LogP contribution in [0.25, 0.3) is 0 Å². The molecular formula is C12H23N. The standard InChI is InChI=1S/C12H23N/c1-9(2)12(5)13-7-10(3)6-11(4)8-13/h9-11H,5-8H2,1-4H3. The van der Waals surface area contributed by atoms with Gasteiger partial charge in [0.25, 0.3) is 0 Å². The van der Waals surface area contributed by atoms with Gasteiger partial charge in [0.2, 0.25) is 0 Å². The Balaban J connectivity index is 2.55. The third kappa shape index (κ3) is 2.75. The summed E-state index contributed by atoms with van der Waals surface area (Å²) in [6, 6.07) is 0. The van der Waals surface area contributed by atoms with Gasteiger partial charge < -0.3 is 4.90 Å². The Bertz CT molecular complexity index is 174. The van der Waals surface area contributed by atoms with Crippen LogP contribution in [0.1, 0.15) is 34.1 Å². The summed E-state index contributed by atoms with van der Waals surface area (Å²) in [4.78, 5) is 2.48. The van der Waals surface area contributed by atoms with Gasteiger partial charge in [-0.3, -0.25) is 0 Å². The van der Waals surface area contributed by atoms with Gasteiger partial charge in [0.1, 0.15) is 0 Å². The summed E-state index contributed by atoms with van der Waals surface area (Å²) < 4.78 is 0. The zero-order chi connectivity index (χ0) is 10.0. The maximum atomic E-state index is 4.17. The fourth-order valence-corrected chi connectivity index (χ4v) is 2.26. The van der Waals surface area contributed by atoms with Crippen molar-refractivity contribution >= 4 is 0 Å². The van der Waals surface area contributed by atoms with E-state index in [1.54, 1.807) is 0 Å². The predicted molar refractivity (Wildman–Crippen MR) is 58.5 cm³/mol. The topological polar surface area (TPSA) is 3.24 Å². The molecule has 13 heavy (non-hydrogen) atoms. The summed E-state index contributed by atoms with van der Waals surface area (Å²) in [7, 11) is 0. The Morgan fingerprint density at radius 1 is 1.23 bits per heavy atom. The molecule has 1 heterocycles. The van der Waals surface area contributed by atoms with Gasteiger partial charge in [-0.15, -0.1) is 0 Å². The highest BCUT2D eigenvalue weighted by atomic mass is 15.1. The number of piperidine rings is 1. The Kier molecular flexibility index (Phi) is 3.40. The Morgan fingerprint density at radius 3 is 2.08 bits per heavy atom. The quantitative estimate of drug-likeness (QED) is 0.632. The van der Waals surface area contributed by atoms with E-state index in [2.05, 4.69) is 39.2 Å². The molecule has 76 valence electrons. The molecule has 0 aliphatic carbocycles. The summed E-state index contributed by atoms with van der Waals surface area (Å²) in [5, 5.41) is 0. The van der Waals surface area contributed by atoms with Gasteiger partial charge in [-0.25, -0.2) is 0 Å². The maximum Gasteiger partial charge on any atom is 0.0200 e. The first kappa shape index (κ1) is 10.6. The molecular weight excluding hydrogens is 158 g/mol. The van der Waals surface area contributed by atoms with Crippen molar-refractivity contribution in [1.29, 1.82) is 0 Å². The van der Waals surface area contributed by atoms with Crippen LogP contribution < -0.4 is 0 Å². The van der Waals surface area contributed by atoms with Crippen LogP contribution in [-0.2, 0) is 0 Å². The van der Waals surface area contributed by atoms with Crippen LogP contribution in [0.4, 0.5) is 0 Å². The maximum absolute atomic E-state index is 4.17. The van der Waals surface area contributed by atoms with Crippen molar-refractivity contribution in [2.24, 2.45) is 17.8 Å². The van der Waals surface area contributed by atoms with Crippen molar-refractivity contribution in [3.63, 3.8) is 0 Å². The van der Waals surface area contributed by atoms with Crippen LogP contribution >= 0.6 is 0 Å². The summed E-state index contributed by atoms with van der Waals surface area (Å²) in [5.74, 6) is 2.26. The molecule has 0 aromatic rings. The van der Waals surface area contributed by atoms with Crippen LogP contribution in [0.15, 0.2) is 12.3 Å². The fraction of sp³-hybridized carbons (Fsp3) is 0.833. The van der Waals surface area contributed by atoms with Crippen molar-refractivity contribution in [2.45, 2.75) is 34.1 Å². The average Bonchev–Trinajstić information content (AvgIpc) is 2.01. The molecule has 0 spiro atoms. The second-order valence-corrected chi connectivity index (χ2v) is 5.00. The van der Waals surface area contributed by atoms with E-state index in [4.69, 9.17) is 0 Å². The molecule has 0 amide bonds. The number of hydrogen-bond acceptors (Lipinski definition) is 1. The molecule has 0 aromatic carbocycles. The second kappa shape index (κ2) is 4.17. The second-order valence-electron chi connectivity index (χ2n) is 5.00. The van der Waals surface area contributed by atoms with Crippen molar-refractivity contribution < 1.29 is 0 Å². The van der Waals surface area contributed by atoms with Gasteiger partial charge in [-0.1, -0.05) is 34.3 Å². The van der Waals surface area contributed by atoms with Gasteiger partial charge in [-0.2, -0.15) is 0 Å². The largest absolute Gasteiger partial charge is 0.375 e. The molecule has 0 N–H and O–H groups in total.